The van der Waals surface area contributed by atoms with Gasteiger partial charge in [-0.2, -0.15) is 5.26 Å². The SMILES string of the molecule is COc1cc(C(=O)[O-])c(-c2ccc(CC#N)cc2)c(Cl)n1. The summed E-state index contributed by atoms with van der Waals surface area (Å²) in [4.78, 5) is 15.3. The lowest BCUT2D eigenvalue weighted by atomic mass is 10.00. The molecular formula is C15H10ClN2O3-. The molecule has 0 aliphatic rings. The number of halogens is 1. The minimum atomic E-state index is -1.37. The number of nitriles is 1. The second-order valence-corrected chi connectivity index (χ2v) is 4.56. The van der Waals surface area contributed by atoms with E-state index >= 15 is 0 Å². The van der Waals surface area contributed by atoms with Gasteiger partial charge in [-0.05, 0) is 11.1 Å². The van der Waals surface area contributed by atoms with Crippen LogP contribution in [-0.2, 0) is 6.42 Å². The van der Waals surface area contributed by atoms with Gasteiger partial charge in [-0.1, -0.05) is 35.9 Å². The van der Waals surface area contributed by atoms with E-state index in [0.29, 0.717) is 5.56 Å². The van der Waals surface area contributed by atoms with E-state index < -0.39 is 5.97 Å². The lowest BCUT2D eigenvalue weighted by Gasteiger charge is -2.14. The van der Waals surface area contributed by atoms with Crippen molar-refractivity contribution in [2.24, 2.45) is 0 Å². The fourth-order valence-electron chi connectivity index (χ4n) is 1.91. The first-order valence-corrected chi connectivity index (χ1v) is 6.36. The van der Waals surface area contributed by atoms with Crippen LogP contribution < -0.4 is 9.84 Å². The van der Waals surface area contributed by atoms with E-state index in [1.807, 2.05) is 6.07 Å². The number of carbonyl (C=O) groups is 1. The van der Waals surface area contributed by atoms with E-state index in [2.05, 4.69) is 4.98 Å². The highest BCUT2D eigenvalue weighted by Crippen LogP contribution is 2.32. The number of hydrogen-bond acceptors (Lipinski definition) is 5. The van der Waals surface area contributed by atoms with Crippen LogP contribution >= 0.6 is 11.6 Å². The summed E-state index contributed by atoms with van der Waals surface area (Å²) in [5.41, 5.74) is 1.57. The van der Waals surface area contributed by atoms with Gasteiger partial charge in [0.05, 0.1) is 25.6 Å². The number of carboxylic acids is 1. The standard InChI is InChI=1S/C15H11ClN2O3/c1-21-12-8-11(15(19)20)13(14(16)18-12)10-4-2-9(3-5-10)6-7-17/h2-5,8H,6H2,1H3,(H,19,20)/p-1. The lowest BCUT2D eigenvalue weighted by molar-refractivity contribution is -0.254. The highest BCUT2D eigenvalue weighted by atomic mass is 35.5. The molecule has 2 rings (SSSR count). The Bertz CT molecular complexity index is 721. The Kier molecular flexibility index (Phi) is 4.41. The minimum absolute atomic E-state index is 0.0154. The van der Waals surface area contributed by atoms with Crippen LogP contribution in [-0.4, -0.2) is 18.1 Å². The lowest BCUT2D eigenvalue weighted by Crippen LogP contribution is -2.23. The maximum atomic E-state index is 11.3. The predicted octanol–water partition coefficient (Wildman–Crippen LogP) is 1.84. The molecule has 1 heterocycles. The smallest absolute Gasteiger partial charge is 0.215 e. The quantitative estimate of drug-likeness (QED) is 0.804. The van der Waals surface area contributed by atoms with Crippen molar-refractivity contribution in [1.82, 2.24) is 4.98 Å². The fourth-order valence-corrected chi connectivity index (χ4v) is 2.21. The zero-order chi connectivity index (χ0) is 15.4. The molecule has 2 aromatic rings. The van der Waals surface area contributed by atoms with Crippen LogP contribution in [0.3, 0.4) is 0 Å². The number of ether oxygens (including phenoxy) is 1. The second-order valence-electron chi connectivity index (χ2n) is 4.20. The number of nitrogens with zero attached hydrogens (tertiary/aromatic N) is 2. The number of aromatic nitrogens is 1. The predicted molar refractivity (Wildman–Crippen MR) is 74.9 cm³/mol. The molecule has 1 aromatic heterocycles. The molecule has 0 unspecified atom stereocenters. The molecule has 0 aliphatic carbocycles. The molecule has 0 fully saturated rings. The van der Waals surface area contributed by atoms with Crippen molar-refractivity contribution in [3.8, 4) is 23.1 Å². The van der Waals surface area contributed by atoms with E-state index in [0.717, 1.165) is 5.56 Å². The highest BCUT2D eigenvalue weighted by Gasteiger charge is 2.14. The average molecular weight is 302 g/mol. The van der Waals surface area contributed by atoms with Gasteiger partial charge in [-0.15, -0.1) is 0 Å². The van der Waals surface area contributed by atoms with Gasteiger partial charge in [0.25, 0.3) is 0 Å². The molecule has 1 aromatic carbocycles. The highest BCUT2D eigenvalue weighted by molar-refractivity contribution is 6.33. The Morgan fingerprint density at radius 1 is 1.43 bits per heavy atom. The van der Waals surface area contributed by atoms with Crippen molar-refractivity contribution in [2.75, 3.05) is 7.11 Å². The van der Waals surface area contributed by atoms with E-state index in [-0.39, 0.29) is 28.6 Å². The number of methoxy groups -OCH3 is 1. The third kappa shape index (κ3) is 3.12. The van der Waals surface area contributed by atoms with Gasteiger partial charge in [0.1, 0.15) is 5.15 Å². The summed E-state index contributed by atoms with van der Waals surface area (Å²) in [5.74, 6) is -1.27. The third-order valence-corrected chi connectivity index (χ3v) is 3.18. The summed E-state index contributed by atoms with van der Waals surface area (Å²) in [7, 11) is 1.37. The first-order chi connectivity index (χ1) is 10.1. The monoisotopic (exact) mass is 301 g/mol. The largest absolute Gasteiger partial charge is 0.545 e. The Balaban J connectivity index is 2.57. The Morgan fingerprint density at radius 2 is 2.10 bits per heavy atom. The third-order valence-electron chi connectivity index (χ3n) is 2.91. The molecule has 0 bridgehead atoms. The van der Waals surface area contributed by atoms with Gasteiger partial charge >= 0.3 is 0 Å². The molecule has 6 heteroatoms. The molecule has 0 spiro atoms. The fraction of sp³-hybridized carbons (Fsp3) is 0.133. The van der Waals surface area contributed by atoms with E-state index in [1.165, 1.54) is 13.2 Å². The van der Waals surface area contributed by atoms with Crippen molar-refractivity contribution < 1.29 is 14.6 Å². The minimum Gasteiger partial charge on any atom is -0.545 e. The number of pyridine rings is 1. The van der Waals surface area contributed by atoms with Crippen molar-refractivity contribution in [3.63, 3.8) is 0 Å². The molecule has 5 nitrogen and oxygen atoms in total. The molecule has 21 heavy (non-hydrogen) atoms. The molecule has 0 aliphatic heterocycles. The van der Waals surface area contributed by atoms with Gasteiger partial charge in [0.2, 0.25) is 5.88 Å². The number of rotatable bonds is 4. The van der Waals surface area contributed by atoms with Gasteiger partial charge < -0.3 is 14.6 Å². The summed E-state index contributed by atoms with van der Waals surface area (Å²) in [5, 5.41) is 19.9. The summed E-state index contributed by atoms with van der Waals surface area (Å²) in [6, 6.07) is 10.2. The van der Waals surface area contributed by atoms with Crippen molar-refractivity contribution >= 4 is 17.6 Å². The van der Waals surface area contributed by atoms with Crippen LogP contribution in [0.1, 0.15) is 15.9 Å². The average Bonchev–Trinajstić information content (AvgIpc) is 2.47. The summed E-state index contributed by atoms with van der Waals surface area (Å²) < 4.78 is 4.91. The summed E-state index contributed by atoms with van der Waals surface area (Å²) >= 11 is 6.06. The van der Waals surface area contributed by atoms with E-state index in [1.54, 1.807) is 24.3 Å². The van der Waals surface area contributed by atoms with Crippen LogP contribution in [0.4, 0.5) is 0 Å². The van der Waals surface area contributed by atoms with Gasteiger partial charge in [-0.3, -0.25) is 0 Å². The van der Waals surface area contributed by atoms with Gasteiger partial charge in [-0.25, -0.2) is 4.98 Å². The van der Waals surface area contributed by atoms with Crippen molar-refractivity contribution in [2.45, 2.75) is 6.42 Å². The van der Waals surface area contributed by atoms with E-state index in [9.17, 15) is 9.90 Å². The molecular weight excluding hydrogens is 292 g/mol. The number of benzene rings is 1. The molecule has 0 atom stereocenters. The number of carboxylic acid groups (broad SMARTS) is 1. The molecule has 0 saturated heterocycles. The summed E-state index contributed by atoms with van der Waals surface area (Å²) in [6.45, 7) is 0. The van der Waals surface area contributed by atoms with Crippen LogP contribution in [0, 0.1) is 11.3 Å². The molecule has 0 amide bonds. The first-order valence-electron chi connectivity index (χ1n) is 5.99. The van der Waals surface area contributed by atoms with Crippen LogP contribution in [0.15, 0.2) is 30.3 Å². The van der Waals surface area contributed by atoms with Crippen LogP contribution in [0.2, 0.25) is 5.15 Å². The molecule has 0 N–H and O–H groups in total. The first kappa shape index (κ1) is 14.8. The molecule has 0 saturated carbocycles. The Labute approximate surface area is 126 Å². The molecule has 0 radical (unpaired) electrons. The van der Waals surface area contributed by atoms with E-state index in [4.69, 9.17) is 21.6 Å². The van der Waals surface area contributed by atoms with Crippen molar-refractivity contribution in [3.05, 3.63) is 46.6 Å². The van der Waals surface area contributed by atoms with Gasteiger partial charge in [0, 0.05) is 17.2 Å². The number of carbonyl (C=O) groups excluding carboxylic acids is 1. The van der Waals surface area contributed by atoms with Crippen LogP contribution in [0.25, 0.3) is 11.1 Å². The van der Waals surface area contributed by atoms with Crippen LogP contribution in [0.5, 0.6) is 5.88 Å². The summed E-state index contributed by atoms with van der Waals surface area (Å²) in [6.07, 6.45) is 0.280. The number of hydrogen-bond donors (Lipinski definition) is 0. The Hall–Kier alpha value is -2.58. The topological polar surface area (TPSA) is 86.0 Å². The maximum absolute atomic E-state index is 11.3. The molecule has 106 valence electrons. The second kappa shape index (κ2) is 6.25. The number of aromatic carboxylic acids is 1. The normalized spacial score (nSPS) is 9.95. The zero-order valence-corrected chi connectivity index (χ0v) is 11.8. The maximum Gasteiger partial charge on any atom is 0.215 e. The Morgan fingerprint density at radius 3 is 2.62 bits per heavy atom. The van der Waals surface area contributed by atoms with Gasteiger partial charge in [0.15, 0.2) is 0 Å². The zero-order valence-electron chi connectivity index (χ0n) is 11.1. The van der Waals surface area contributed by atoms with Crippen molar-refractivity contribution in [1.29, 1.82) is 5.26 Å².